The highest BCUT2D eigenvalue weighted by atomic mass is 79.9. The Morgan fingerprint density at radius 2 is 2.06 bits per heavy atom. The van der Waals surface area contributed by atoms with E-state index in [2.05, 4.69) is 20.7 Å². The van der Waals surface area contributed by atoms with Crippen LogP contribution >= 0.6 is 15.9 Å². The van der Waals surface area contributed by atoms with Crippen molar-refractivity contribution in [2.24, 2.45) is 0 Å². The summed E-state index contributed by atoms with van der Waals surface area (Å²) in [6.45, 7) is 2.68. The average Bonchev–Trinajstić information content (AvgIpc) is 2.41. The molecule has 2 rings (SSSR count). The summed E-state index contributed by atoms with van der Waals surface area (Å²) in [5, 5.41) is 9.90. The summed E-state index contributed by atoms with van der Waals surface area (Å²) in [5.41, 5.74) is 1.11. The van der Waals surface area contributed by atoms with Crippen molar-refractivity contribution in [3.63, 3.8) is 0 Å². The molecule has 1 aliphatic rings. The van der Waals surface area contributed by atoms with Gasteiger partial charge in [-0.25, -0.2) is 4.79 Å². The first kappa shape index (κ1) is 13.2. The SMILES string of the molecule is COC(=O)C(O)c1cc(Br)c2c(c1C)OCCO2. The van der Waals surface area contributed by atoms with Crippen molar-refractivity contribution >= 4 is 21.9 Å². The van der Waals surface area contributed by atoms with Crippen LogP contribution in [-0.4, -0.2) is 31.4 Å². The molecule has 0 saturated heterocycles. The van der Waals surface area contributed by atoms with E-state index >= 15 is 0 Å². The molecule has 0 spiro atoms. The van der Waals surface area contributed by atoms with E-state index in [4.69, 9.17) is 9.47 Å². The van der Waals surface area contributed by atoms with Crippen molar-refractivity contribution in [2.45, 2.75) is 13.0 Å². The molecule has 0 aromatic heterocycles. The molecule has 0 amide bonds. The summed E-state index contributed by atoms with van der Waals surface area (Å²) in [5.74, 6) is 0.440. The van der Waals surface area contributed by atoms with E-state index in [-0.39, 0.29) is 0 Å². The predicted molar refractivity (Wildman–Crippen MR) is 66.8 cm³/mol. The van der Waals surface area contributed by atoms with E-state index in [9.17, 15) is 9.90 Å². The number of ether oxygens (including phenoxy) is 3. The maximum Gasteiger partial charge on any atom is 0.339 e. The molecular formula is C12H13BrO5. The average molecular weight is 317 g/mol. The first-order valence-corrected chi connectivity index (χ1v) is 6.20. The van der Waals surface area contributed by atoms with Gasteiger partial charge >= 0.3 is 5.97 Å². The Hall–Kier alpha value is -1.27. The number of rotatable bonds is 2. The van der Waals surface area contributed by atoms with Gasteiger partial charge in [-0.15, -0.1) is 0 Å². The van der Waals surface area contributed by atoms with Crippen LogP contribution in [0.4, 0.5) is 0 Å². The lowest BCUT2D eigenvalue weighted by Crippen LogP contribution is -2.19. The Kier molecular flexibility index (Phi) is 3.77. The molecule has 1 aromatic carbocycles. The second-order valence-electron chi connectivity index (χ2n) is 3.85. The Morgan fingerprint density at radius 3 is 2.67 bits per heavy atom. The van der Waals surface area contributed by atoms with Gasteiger partial charge in [0.25, 0.3) is 0 Å². The molecule has 0 fully saturated rings. The number of esters is 1. The number of methoxy groups -OCH3 is 1. The lowest BCUT2D eigenvalue weighted by molar-refractivity contribution is -0.150. The molecule has 1 N–H and O–H groups in total. The molecule has 6 heteroatoms. The molecule has 0 radical (unpaired) electrons. The minimum absolute atomic E-state index is 0.443. The highest BCUT2D eigenvalue weighted by Gasteiger charge is 2.27. The van der Waals surface area contributed by atoms with Gasteiger partial charge in [0.2, 0.25) is 0 Å². The van der Waals surface area contributed by atoms with E-state index in [1.54, 1.807) is 13.0 Å². The lowest BCUT2D eigenvalue weighted by Gasteiger charge is -2.24. The van der Waals surface area contributed by atoms with Crippen LogP contribution in [0.15, 0.2) is 10.5 Å². The van der Waals surface area contributed by atoms with E-state index < -0.39 is 12.1 Å². The second-order valence-corrected chi connectivity index (χ2v) is 4.71. The quantitative estimate of drug-likeness (QED) is 0.842. The van der Waals surface area contributed by atoms with Gasteiger partial charge in [-0.3, -0.25) is 0 Å². The van der Waals surface area contributed by atoms with Crippen LogP contribution in [0.25, 0.3) is 0 Å². The molecule has 0 saturated carbocycles. The van der Waals surface area contributed by atoms with Gasteiger partial charge in [-0.1, -0.05) is 0 Å². The number of aliphatic hydroxyl groups excluding tert-OH is 1. The zero-order valence-electron chi connectivity index (χ0n) is 10.0. The van der Waals surface area contributed by atoms with Crippen LogP contribution in [0, 0.1) is 6.92 Å². The number of fused-ring (bicyclic) bond motifs is 1. The van der Waals surface area contributed by atoms with Gasteiger partial charge in [-0.2, -0.15) is 0 Å². The van der Waals surface area contributed by atoms with Crippen molar-refractivity contribution < 1.29 is 24.1 Å². The van der Waals surface area contributed by atoms with Gasteiger partial charge in [0, 0.05) is 5.56 Å². The summed E-state index contributed by atoms with van der Waals surface area (Å²) in [6.07, 6.45) is -1.33. The first-order chi connectivity index (χ1) is 8.56. The number of halogens is 1. The van der Waals surface area contributed by atoms with Gasteiger partial charge in [0.15, 0.2) is 17.6 Å². The smallest absolute Gasteiger partial charge is 0.339 e. The van der Waals surface area contributed by atoms with E-state index in [0.717, 1.165) is 0 Å². The van der Waals surface area contributed by atoms with Gasteiger partial charge < -0.3 is 19.3 Å². The monoisotopic (exact) mass is 316 g/mol. The zero-order valence-corrected chi connectivity index (χ0v) is 11.6. The largest absolute Gasteiger partial charge is 0.486 e. The first-order valence-electron chi connectivity index (χ1n) is 5.40. The standard InChI is InChI=1S/C12H13BrO5/c1-6-7(9(14)12(15)16-2)5-8(13)11-10(6)17-3-4-18-11/h5,9,14H,3-4H2,1-2H3. The third-order valence-electron chi connectivity index (χ3n) is 2.77. The van der Waals surface area contributed by atoms with E-state index in [1.165, 1.54) is 7.11 Å². The fraction of sp³-hybridized carbons (Fsp3) is 0.417. The summed E-state index contributed by atoms with van der Waals surface area (Å²) < 4.78 is 16.2. The zero-order chi connectivity index (χ0) is 13.3. The van der Waals surface area contributed by atoms with Crippen molar-refractivity contribution in [1.82, 2.24) is 0 Å². The number of aliphatic hydroxyl groups is 1. The molecular weight excluding hydrogens is 304 g/mol. The molecule has 0 aliphatic carbocycles. The molecule has 1 aliphatic heterocycles. The van der Waals surface area contributed by atoms with Crippen LogP contribution in [0.1, 0.15) is 17.2 Å². The highest BCUT2D eigenvalue weighted by Crippen LogP contribution is 2.43. The Balaban J connectivity index is 2.50. The van der Waals surface area contributed by atoms with Gasteiger partial charge in [-0.05, 0) is 34.5 Å². The number of hydrogen-bond acceptors (Lipinski definition) is 5. The molecule has 1 heterocycles. The Morgan fingerprint density at radius 1 is 1.44 bits per heavy atom. The van der Waals surface area contributed by atoms with Crippen LogP contribution in [0.3, 0.4) is 0 Å². The predicted octanol–water partition coefficient (Wildman–Crippen LogP) is 1.74. The molecule has 1 unspecified atom stereocenters. The summed E-state index contributed by atoms with van der Waals surface area (Å²) in [7, 11) is 1.23. The third kappa shape index (κ3) is 2.18. The van der Waals surface area contributed by atoms with Crippen LogP contribution in [0.2, 0.25) is 0 Å². The minimum Gasteiger partial charge on any atom is -0.486 e. The number of hydrogen-bond donors (Lipinski definition) is 1. The van der Waals surface area contributed by atoms with Crippen molar-refractivity contribution in [2.75, 3.05) is 20.3 Å². The van der Waals surface area contributed by atoms with Gasteiger partial charge in [0.05, 0.1) is 11.6 Å². The van der Waals surface area contributed by atoms with Crippen molar-refractivity contribution in [3.8, 4) is 11.5 Å². The molecule has 5 nitrogen and oxygen atoms in total. The van der Waals surface area contributed by atoms with Crippen molar-refractivity contribution in [1.29, 1.82) is 0 Å². The number of carbonyl (C=O) groups is 1. The fourth-order valence-corrected chi connectivity index (χ4v) is 2.38. The molecule has 18 heavy (non-hydrogen) atoms. The normalized spacial score (nSPS) is 15.1. The van der Waals surface area contributed by atoms with Crippen molar-refractivity contribution in [3.05, 3.63) is 21.7 Å². The number of carbonyl (C=O) groups excluding carboxylic acids is 1. The second kappa shape index (κ2) is 5.16. The molecule has 0 bridgehead atoms. The van der Waals surface area contributed by atoms with E-state index in [0.29, 0.717) is 40.3 Å². The molecule has 1 atom stereocenters. The maximum atomic E-state index is 11.4. The highest BCUT2D eigenvalue weighted by molar-refractivity contribution is 9.10. The maximum absolute atomic E-state index is 11.4. The van der Waals surface area contributed by atoms with Crippen LogP contribution in [-0.2, 0) is 9.53 Å². The Labute approximate surface area is 113 Å². The molecule has 1 aromatic rings. The Bertz CT molecular complexity index is 486. The van der Waals surface area contributed by atoms with Crippen LogP contribution < -0.4 is 9.47 Å². The van der Waals surface area contributed by atoms with Gasteiger partial charge in [0.1, 0.15) is 13.2 Å². The number of benzene rings is 1. The summed E-state index contributed by atoms with van der Waals surface area (Å²) >= 11 is 3.34. The summed E-state index contributed by atoms with van der Waals surface area (Å²) in [4.78, 5) is 11.4. The van der Waals surface area contributed by atoms with E-state index in [1.807, 2.05) is 0 Å². The minimum atomic E-state index is -1.33. The lowest BCUT2D eigenvalue weighted by atomic mass is 10.0. The summed E-state index contributed by atoms with van der Waals surface area (Å²) in [6, 6.07) is 1.64. The third-order valence-corrected chi connectivity index (χ3v) is 3.36. The van der Waals surface area contributed by atoms with Crippen LogP contribution in [0.5, 0.6) is 11.5 Å². The fourth-order valence-electron chi connectivity index (χ4n) is 1.84. The topological polar surface area (TPSA) is 65.0 Å². The molecule has 98 valence electrons.